The highest BCUT2D eigenvalue weighted by Gasteiger charge is 2.16. The van der Waals surface area contributed by atoms with Crippen molar-refractivity contribution < 1.29 is 14.7 Å². The van der Waals surface area contributed by atoms with Crippen LogP contribution in [-0.4, -0.2) is 26.8 Å². The number of aliphatic carboxylic acids is 1. The van der Waals surface area contributed by atoms with Crippen LogP contribution in [0.3, 0.4) is 0 Å². The van der Waals surface area contributed by atoms with Gasteiger partial charge in [-0.15, -0.1) is 0 Å². The van der Waals surface area contributed by atoms with E-state index in [4.69, 9.17) is 5.11 Å². The van der Waals surface area contributed by atoms with Gasteiger partial charge in [-0.25, -0.2) is 4.79 Å². The second-order valence-electron chi connectivity index (χ2n) is 4.55. The maximum absolute atomic E-state index is 12.0. The Hall–Kier alpha value is -2.63. The first-order valence-corrected chi connectivity index (χ1v) is 6.12. The van der Waals surface area contributed by atoms with Gasteiger partial charge in [0.15, 0.2) is 0 Å². The van der Waals surface area contributed by atoms with Gasteiger partial charge in [0.1, 0.15) is 6.04 Å². The number of carbonyl (C=O) groups is 2. The quantitative estimate of drug-likeness (QED) is 0.893. The van der Waals surface area contributed by atoms with Crippen LogP contribution < -0.4 is 5.32 Å². The van der Waals surface area contributed by atoms with Gasteiger partial charge in [0, 0.05) is 11.9 Å². The molecule has 6 nitrogen and oxygen atoms in total. The maximum atomic E-state index is 12.0. The molecule has 0 aliphatic carbocycles. The molecule has 1 aromatic heterocycles. The van der Waals surface area contributed by atoms with Crippen molar-refractivity contribution in [2.45, 2.75) is 19.9 Å². The third kappa shape index (κ3) is 3.03. The molecule has 1 aromatic carbocycles. The standard InChI is InChI=1S/C14H15N3O3/c1-9-4-3-5-12(6-9)16-13(18)11-7-15-17(8-11)10(2)14(19)20/h3-8,10H,1-2H3,(H,16,18)(H,19,20). The topological polar surface area (TPSA) is 84.2 Å². The molecule has 2 rings (SSSR count). The van der Waals surface area contributed by atoms with E-state index in [-0.39, 0.29) is 5.91 Å². The van der Waals surface area contributed by atoms with Gasteiger partial charge in [0.2, 0.25) is 0 Å². The second kappa shape index (κ2) is 5.56. The number of aromatic nitrogens is 2. The number of nitrogens with zero attached hydrogens (tertiary/aromatic N) is 2. The fourth-order valence-corrected chi connectivity index (χ4v) is 1.71. The van der Waals surface area contributed by atoms with Crippen LogP contribution in [0.1, 0.15) is 28.9 Å². The number of aryl methyl sites for hydroxylation is 1. The zero-order chi connectivity index (χ0) is 14.7. The molecule has 0 aliphatic heterocycles. The highest BCUT2D eigenvalue weighted by atomic mass is 16.4. The summed E-state index contributed by atoms with van der Waals surface area (Å²) in [6.07, 6.45) is 2.77. The third-order valence-electron chi connectivity index (χ3n) is 2.89. The highest BCUT2D eigenvalue weighted by Crippen LogP contribution is 2.12. The van der Waals surface area contributed by atoms with Crippen molar-refractivity contribution in [3.8, 4) is 0 Å². The second-order valence-corrected chi connectivity index (χ2v) is 4.55. The molecule has 2 N–H and O–H groups in total. The van der Waals surface area contributed by atoms with E-state index in [0.29, 0.717) is 11.3 Å². The predicted octanol–water partition coefficient (Wildman–Crippen LogP) is 2.09. The van der Waals surface area contributed by atoms with Crippen LogP contribution in [0.15, 0.2) is 36.7 Å². The van der Waals surface area contributed by atoms with E-state index in [0.717, 1.165) is 5.56 Å². The van der Waals surface area contributed by atoms with Crippen molar-refractivity contribution in [1.82, 2.24) is 9.78 Å². The molecular formula is C14H15N3O3. The van der Waals surface area contributed by atoms with Gasteiger partial charge in [-0.1, -0.05) is 12.1 Å². The van der Waals surface area contributed by atoms with Crippen LogP contribution in [0.4, 0.5) is 5.69 Å². The van der Waals surface area contributed by atoms with E-state index >= 15 is 0 Å². The summed E-state index contributed by atoms with van der Waals surface area (Å²) in [5, 5.41) is 15.5. The van der Waals surface area contributed by atoms with E-state index in [2.05, 4.69) is 10.4 Å². The lowest BCUT2D eigenvalue weighted by atomic mass is 10.2. The summed E-state index contributed by atoms with van der Waals surface area (Å²) < 4.78 is 1.24. The van der Waals surface area contributed by atoms with Crippen LogP contribution in [0.25, 0.3) is 0 Å². The first kappa shape index (κ1) is 13.8. The molecule has 0 saturated heterocycles. The lowest BCUT2D eigenvalue weighted by Gasteiger charge is -2.06. The van der Waals surface area contributed by atoms with Crippen LogP contribution in [0.5, 0.6) is 0 Å². The number of amides is 1. The number of rotatable bonds is 4. The summed E-state index contributed by atoms with van der Waals surface area (Å²) in [5.41, 5.74) is 2.05. The normalized spacial score (nSPS) is 11.9. The Morgan fingerprint density at radius 3 is 2.80 bits per heavy atom. The molecule has 0 aliphatic rings. The molecule has 0 bridgehead atoms. The molecule has 0 fully saturated rings. The maximum Gasteiger partial charge on any atom is 0.328 e. The van der Waals surface area contributed by atoms with Gasteiger partial charge in [0.05, 0.1) is 11.8 Å². The first-order chi connectivity index (χ1) is 9.47. The molecule has 1 heterocycles. The van der Waals surface area contributed by atoms with Gasteiger partial charge < -0.3 is 10.4 Å². The van der Waals surface area contributed by atoms with E-state index in [9.17, 15) is 9.59 Å². The molecule has 1 amide bonds. The van der Waals surface area contributed by atoms with Crippen molar-refractivity contribution in [2.24, 2.45) is 0 Å². The lowest BCUT2D eigenvalue weighted by molar-refractivity contribution is -0.140. The molecule has 0 saturated carbocycles. The number of hydrogen-bond donors (Lipinski definition) is 2. The zero-order valence-electron chi connectivity index (χ0n) is 11.2. The monoisotopic (exact) mass is 273 g/mol. The predicted molar refractivity (Wildman–Crippen MR) is 73.7 cm³/mol. The first-order valence-electron chi connectivity index (χ1n) is 6.12. The average molecular weight is 273 g/mol. The molecular weight excluding hydrogens is 258 g/mol. The van der Waals surface area contributed by atoms with Crippen LogP contribution in [0.2, 0.25) is 0 Å². The Bertz CT molecular complexity index is 649. The minimum atomic E-state index is -1.00. The number of anilines is 1. The lowest BCUT2D eigenvalue weighted by Crippen LogP contribution is -2.16. The molecule has 6 heteroatoms. The number of hydrogen-bond acceptors (Lipinski definition) is 3. The molecule has 1 atom stereocenters. The van der Waals surface area contributed by atoms with Gasteiger partial charge in [-0.3, -0.25) is 9.48 Å². The summed E-state index contributed by atoms with van der Waals surface area (Å²) in [4.78, 5) is 22.9. The summed E-state index contributed by atoms with van der Waals surface area (Å²) in [6.45, 7) is 3.43. The summed E-state index contributed by atoms with van der Waals surface area (Å²) in [6, 6.07) is 6.61. The Labute approximate surface area is 116 Å². The number of carboxylic acid groups (broad SMARTS) is 1. The molecule has 0 radical (unpaired) electrons. The van der Waals surface area contributed by atoms with Gasteiger partial charge in [-0.05, 0) is 31.5 Å². The number of carboxylic acids is 1. The average Bonchev–Trinajstić information content (AvgIpc) is 2.87. The minimum Gasteiger partial charge on any atom is -0.480 e. The van der Waals surface area contributed by atoms with Crippen molar-refractivity contribution in [2.75, 3.05) is 5.32 Å². The Morgan fingerprint density at radius 2 is 2.15 bits per heavy atom. The molecule has 104 valence electrons. The Balaban J connectivity index is 2.12. The zero-order valence-corrected chi connectivity index (χ0v) is 11.2. The van der Waals surface area contributed by atoms with E-state index in [1.165, 1.54) is 24.0 Å². The van der Waals surface area contributed by atoms with Crippen molar-refractivity contribution in [3.05, 3.63) is 47.8 Å². The minimum absolute atomic E-state index is 0.319. The van der Waals surface area contributed by atoms with E-state index in [1.54, 1.807) is 6.07 Å². The van der Waals surface area contributed by atoms with E-state index in [1.807, 2.05) is 25.1 Å². The summed E-state index contributed by atoms with van der Waals surface area (Å²) >= 11 is 0. The molecule has 2 aromatic rings. The van der Waals surface area contributed by atoms with Crippen LogP contribution >= 0.6 is 0 Å². The van der Waals surface area contributed by atoms with Crippen molar-refractivity contribution in [3.63, 3.8) is 0 Å². The van der Waals surface area contributed by atoms with Crippen LogP contribution in [0, 0.1) is 6.92 Å². The fourth-order valence-electron chi connectivity index (χ4n) is 1.71. The van der Waals surface area contributed by atoms with Crippen molar-refractivity contribution in [1.29, 1.82) is 0 Å². The Morgan fingerprint density at radius 1 is 1.40 bits per heavy atom. The molecule has 1 unspecified atom stereocenters. The SMILES string of the molecule is Cc1cccc(NC(=O)c2cnn(C(C)C(=O)O)c2)c1. The van der Waals surface area contributed by atoms with Gasteiger partial charge >= 0.3 is 5.97 Å². The van der Waals surface area contributed by atoms with Gasteiger partial charge in [-0.2, -0.15) is 5.10 Å². The largest absolute Gasteiger partial charge is 0.480 e. The van der Waals surface area contributed by atoms with Crippen molar-refractivity contribution >= 4 is 17.6 Å². The molecule has 20 heavy (non-hydrogen) atoms. The third-order valence-corrected chi connectivity index (χ3v) is 2.89. The number of nitrogens with one attached hydrogen (secondary N) is 1. The Kier molecular flexibility index (Phi) is 3.84. The molecule has 0 spiro atoms. The number of carbonyl (C=O) groups excluding carboxylic acids is 1. The van der Waals surface area contributed by atoms with Crippen LogP contribution in [-0.2, 0) is 4.79 Å². The summed E-state index contributed by atoms with van der Waals surface area (Å²) in [5.74, 6) is -1.32. The fraction of sp³-hybridized carbons (Fsp3) is 0.214. The van der Waals surface area contributed by atoms with E-state index < -0.39 is 12.0 Å². The summed E-state index contributed by atoms with van der Waals surface area (Å²) in [7, 11) is 0. The highest BCUT2D eigenvalue weighted by molar-refractivity contribution is 6.04. The smallest absolute Gasteiger partial charge is 0.328 e. The number of benzene rings is 1. The van der Waals surface area contributed by atoms with Gasteiger partial charge in [0.25, 0.3) is 5.91 Å².